The Morgan fingerprint density at radius 1 is 0.952 bits per heavy atom. The average molecular weight is 855 g/mol. The van der Waals surface area contributed by atoms with Crippen molar-refractivity contribution in [3.8, 4) is 51.7 Å². The number of hydrogen-bond donors (Lipinski definition) is 8. The number of aromatic amines is 1. The fourth-order valence-corrected chi connectivity index (χ4v) is 10.7. The summed E-state index contributed by atoms with van der Waals surface area (Å²) in [6, 6.07) is 19.5. The summed E-state index contributed by atoms with van der Waals surface area (Å²) in [4.78, 5) is 3.32. The maximum atomic E-state index is 11.0. The first-order valence-electron chi connectivity index (χ1n) is 22.8. The van der Waals surface area contributed by atoms with Gasteiger partial charge in [0.25, 0.3) is 0 Å². The Hall–Kier alpha value is -5.26. The number of H-pyrrole nitrogens is 1. The van der Waals surface area contributed by atoms with Crippen molar-refractivity contribution < 1.29 is 39.4 Å². The largest absolute Gasteiger partial charge is 0.508 e. The minimum atomic E-state index is -1.13. The van der Waals surface area contributed by atoms with Crippen LogP contribution in [0.5, 0.6) is 28.7 Å². The number of aromatic nitrogens is 1. The molecule has 63 heavy (non-hydrogen) atoms. The second-order valence-electron chi connectivity index (χ2n) is 18.1. The van der Waals surface area contributed by atoms with E-state index < -0.39 is 23.9 Å². The van der Waals surface area contributed by atoms with E-state index in [1.807, 2.05) is 30.5 Å². The number of phenolic OH excluding ortho intramolecular Hbond substituents is 2. The van der Waals surface area contributed by atoms with Crippen LogP contribution in [0.25, 0.3) is 22.0 Å². The van der Waals surface area contributed by atoms with Crippen LogP contribution in [0.3, 0.4) is 0 Å². The third-order valence-corrected chi connectivity index (χ3v) is 13.8. The Kier molecular flexibility index (Phi) is 11.7. The lowest BCUT2D eigenvalue weighted by atomic mass is 9.69. The summed E-state index contributed by atoms with van der Waals surface area (Å²) >= 11 is 0. The molecule has 0 radical (unpaired) electrons. The molecule has 2 aliphatic carbocycles. The number of aliphatic hydroxyl groups is 2. The number of aliphatic hydroxyl groups excluding tert-OH is 2. The van der Waals surface area contributed by atoms with E-state index in [1.54, 1.807) is 19.1 Å². The fourth-order valence-electron chi connectivity index (χ4n) is 10.7. The van der Waals surface area contributed by atoms with Crippen LogP contribution in [-0.4, -0.2) is 88.5 Å². The summed E-state index contributed by atoms with van der Waals surface area (Å²) in [5, 5.41) is 54.6. The highest BCUT2D eigenvalue weighted by atomic mass is 16.6. The van der Waals surface area contributed by atoms with Gasteiger partial charge in [-0.1, -0.05) is 42.9 Å². The smallest absolute Gasteiger partial charge is 0.161 e. The van der Waals surface area contributed by atoms with Crippen LogP contribution in [0.15, 0.2) is 66.9 Å². The van der Waals surface area contributed by atoms with Crippen LogP contribution < -0.4 is 30.2 Å². The van der Waals surface area contributed by atoms with Crippen molar-refractivity contribution >= 4 is 10.9 Å². The van der Waals surface area contributed by atoms with Crippen LogP contribution in [0.2, 0.25) is 0 Å². The number of nitrogens with one attached hydrogen (secondary N) is 4. The first kappa shape index (κ1) is 41.7. The molecule has 4 heterocycles. The third kappa shape index (κ3) is 8.12. The zero-order valence-electron chi connectivity index (χ0n) is 35.8. The Labute approximate surface area is 368 Å². The highest BCUT2D eigenvalue weighted by molar-refractivity contribution is 5.85. The third-order valence-electron chi connectivity index (χ3n) is 13.8. The van der Waals surface area contributed by atoms with Crippen molar-refractivity contribution in [1.82, 2.24) is 20.9 Å². The summed E-state index contributed by atoms with van der Waals surface area (Å²) in [5.74, 6) is 9.05. The molecule has 12 nitrogen and oxygen atoms in total. The first-order valence-corrected chi connectivity index (χ1v) is 22.8. The molecule has 0 spiro atoms. The summed E-state index contributed by atoms with van der Waals surface area (Å²) in [7, 11) is 0. The van der Waals surface area contributed by atoms with E-state index in [0.29, 0.717) is 62.9 Å². The van der Waals surface area contributed by atoms with Crippen molar-refractivity contribution in [2.45, 2.75) is 113 Å². The number of fused-ring (bicyclic) bond motifs is 13. The number of aromatic hydroxyl groups is 2. The van der Waals surface area contributed by atoms with Gasteiger partial charge in [0.1, 0.15) is 35.0 Å². The van der Waals surface area contributed by atoms with Gasteiger partial charge in [-0.2, -0.15) is 0 Å². The molecular weight excluding hydrogens is 797 g/mol. The highest BCUT2D eigenvalue weighted by Gasteiger charge is 2.54. The predicted octanol–water partition coefficient (Wildman–Crippen LogP) is 6.41. The molecule has 0 saturated heterocycles. The van der Waals surface area contributed by atoms with Gasteiger partial charge in [-0.05, 0) is 127 Å². The molecule has 1 saturated carbocycles. The molecule has 5 aromatic rings. The van der Waals surface area contributed by atoms with Crippen molar-refractivity contribution in [2.75, 3.05) is 33.2 Å². The van der Waals surface area contributed by atoms with Crippen molar-refractivity contribution in [3.05, 3.63) is 100 Å². The number of ether oxygens (including phenoxy) is 4. The van der Waals surface area contributed by atoms with E-state index >= 15 is 0 Å². The van der Waals surface area contributed by atoms with E-state index in [4.69, 9.17) is 18.9 Å². The molecule has 1 fully saturated rings. The lowest BCUT2D eigenvalue weighted by Crippen LogP contribution is -2.62. The van der Waals surface area contributed by atoms with Crippen molar-refractivity contribution in [2.24, 2.45) is 0 Å². The van der Waals surface area contributed by atoms with Gasteiger partial charge < -0.3 is 49.7 Å². The lowest BCUT2D eigenvalue weighted by molar-refractivity contribution is -0.143. The molecule has 330 valence electrons. The second kappa shape index (κ2) is 17.7. The number of rotatable bonds is 12. The van der Waals surface area contributed by atoms with Gasteiger partial charge in [0.15, 0.2) is 17.6 Å². The molecule has 3 aliphatic heterocycles. The molecule has 1 aromatic heterocycles. The van der Waals surface area contributed by atoms with Gasteiger partial charge in [0, 0.05) is 60.5 Å². The summed E-state index contributed by atoms with van der Waals surface area (Å²) in [5.41, 5.74) is 8.03. The molecule has 0 unspecified atom stereocenters. The van der Waals surface area contributed by atoms with Gasteiger partial charge in [-0.25, -0.2) is 0 Å². The molecule has 6 atom stereocenters. The summed E-state index contributed by atoms with van der Waals surface area (Å²) in [6.07, 6.45) is 8.32. The van der Waals surface area contributed by atoms with E-state index in [9.17, 15) is 20.4 Å². The van der Waals surface area contributed by atoms with Crippen LogP contribution in [0.4, 0.5) is 0 Å². The lowest BCUT2D eigenvalue weighted by Gasteiger charge is -2.49. The normalized spacial score (nSPS) is 24.2. The Morgan fingerprint density at radius 3 is 2.70 bits per heavy atom. The van der Waals surface area contributed by atoms with Crippen LogP contribution in [-0.2, 0) is 30.4 Å². The van der Waals surface area contributed by atoms with Gasteiger partial charge in [-0.3, -0.25) is 10.6 Å². The van der Waals surface area contributed by atoms with Gasteiger partial charge >= 0.3 is 0 Å². The van der Waals surface area contributed by atoms with Gasteiger partial charge in [-0.15, -0.1) is 0 Å². The molecule has 10 rings (SSSR count). The molecule has 4 aromatic carbocycles. The molecule has 0 amide bonds. The van der Waals surface area contributed by atoms with E-state index in [-0.39, 0.29) is 43.5 Å². The number of hydrogen-bond acceptors (Lipinski definition) is 11. The molecule has 5 aliphatic rings. The van der Waals surface area contributed by atoms with Gasteiger partial charge in [0.2, 0.25) is 0 Å². The molecular formula is C51H58N4O8. The predicted molar refractivity (Wildman–Crippen MR) is 240 cm³/mol. The summed E-state index contributed by atoms with van der Waals surface area (Å²) < 4.78 is 27.9. The Bertz CT molecular complexity index is 2540. The van der Waals surface area contributed by atoms with Crippen LogP contribution in [0.1, 0.15) is 90.9 Å². The zero-order valence-corrected chi connectivity index (χ0v) is 35.8. The standard InChI is InChI=1S/C51H58N4O8/c1-30(57)26-52-28-54-46-8-4-5-19-60-45-23-33(10-16-44(45)59)50-51(46,61-29-55-35-6-2-3-7-35)25-42-41-22-34(21-31-9-15-43-32(20-31)17-18-53-43)40-24-36(58)11-13-38(40)47(41)49-39(48(42)63-50)14-12-37(27-56)62-49/h9-11,13,15-18,20,23-24,30,34-35,37,46,50,52-59H,2-3,5-7,12,14,19,21-22,25-29H2,1H3/t30-,34-,37+,46-,50+,51-/m0/s1. The highest BCUT2D eigenvalue weighted by Crippen LogP contribution is 2.58. The van der Waals surface area contributed by atoms with Crippen molar-refractivity contribution in [1.29, 1.82) is 0 Å². The molecule has 2 bridgehead atoms. The van der Waals surface area contributed by atoms with Crippen molar-refractivity contribution in [3.63, 3.8) is 0 Å². The zero-order chi connectivity index (χ0) is 43.1. The quantitative estimate of drug-likeness (QED) is 0.0397. The first-order chi connectivity index (χ1) is 30.8. The minimum Gasteiger partial charge on any atom is -0.508 e. The van der Waals surface area contributed by atoms with Gasteiger partial charge in [0.05, 0.1) is 26.0 Å². The molecule has 8 N–H and O–H groups in total. The van der Waals surface area contributed by atoms with E-state index in [1.165, 1.54) is 18.4 Å². The second-order valence-corrected chi connectivity index (χ2v) is 18.1. The molecule has 12 heteroatoms. The SMILES string of the molecule is C[C@H](O)CNCN[C@H]1C#CCCOc2cc(ccc2O)[C@H]2Oc3c(c4c(c5c3CC[C@H](CO)O5)-c3ccc(O)cc3[C@@H](Cc3ccc5[nH]ccc5c3)C4)C[C@]12OCNC1CCCC1. The number of phenols is 2. The average Bonchev–Trinajstić information content (AvgIpc) is 3.99. The maximum absolute atomic E-state index is 11.0. The van der Waals surface area contributed by atoms with Crippen LogP contribution >= 0.6 is 0 Å². The van der Waals surface area contributed by atoms with E-state index in [0.717, 1.165) is 74.9 Å². The van der Waals surface area contributed by atoms with Crippen LogP contribution in [0, 0.1) is 11.8 Å². The number of benzene rings is 4. The Balaban J connectivity index is 1.17. The van der Waals surface area contributed by atoms with E-state index in [2.05, 4.69) is 57.0 Å². The fraction of sp³-hybridized carbons (Fsp3) is 0.451. The Morgan fingerprint density at radius 2 is 1.84 bits per heavy atom. The monoisotopic (exact) mass is 854 g/mol. The maximum Gasteiger partial charge on any atom is 0.161 e. The summed E-state index contributed by atoms with van der Waals surface area (Å²) in [6.45, 7) is 2.94. The minimum absolute atomic E-state index is 0.00301. The topological polar surface area (TPSA) is 170 Å².